The van der Waals surface area contributed by atoms with Gasteiger partial charge in [0, 0.05) is 36.6 Å². The lowest BCUT2D eigenvalue weighted by atomic mass is 10.2. The third-order valence-electron chi connectivity index (χ3n) is 6.89. The van der Waals surface area contributed by atoms with Gasteiger partial charge in [-0.05, 0) is 61.4 Å². The highest BCUT2D eigenvalue weighted by Gasteiger charge is 2.20. The van der Waals surface area contributed by atoms with Gasteiger partial charge in [0.25, 0.3) is 11.5 Å². The van der Waals surface area contributed by atoms with Crippen molar-refractivity contribution in [2.75, 3.05) is 23.7 Å². The predicted octanol–water partition coefficient (Wildman–Crippen LogP) is 5.58. The highest BCUT2D eigenvalue weighted by Crippen LogP contribution is 2.23. The third kappa shape index (κ3) is 6.06. The lowest BCUT2D eigenvalue weighted by Crippen LogP contribution is -2.32. The van der Waals surface area contributed by atoms with Crippen molar-refractivity contribution in [2.24, 2.45) is 0 Å². The topological polar surface area (TPSA) is 118 Å². The molecule has 2 aromatic carbocycles. The zero-order chi connectivity index (χ0) is 29.9. The number of nitrogens with zero attached hydrogens (tertiary/aromatic N) is 4. The third-order valence-corrected chi connectivity index (χ3v) is 7.71. The first-order valence-electron chi connectivity index (χ1n) is 13.4. The highest BCUT2D eigenvalue weighted by atomic mass is 32.1. The van der Waals surface area contributed by atoms with E-state index < -0.39 is 23.1 Å². The molecule has 0 saturated carbocycles. The second-order valence-electron chi connectivity index (χ2n) is 9.77. The van der Waals surface area contributed by atoms with Crippen LogP contribution in [0.25, 0.3) is 16.0 Å². The minimum atomic E-state index is -0.751. The van der Waals surface area contributed by atoms with E-state index in [-0.39, 0.29) is 29.5 Å². The fourth-order valence-corrected chi connectivity index (χ4v) is 5.49. The first-order chi connectivity index (χ1) is 20.9. The van der Waals surface area contributed by atoms with Gasteiger partial charge in [-0.1, -0.05) is 6.07 Å². The molecular formula is C30H24F2N6O4S. The number of benzene rings is 2. The summed E-state index contributed by atoms with van der Waals surface area (Å²) in [7, 11) is 0. The molecule has 0 aliphatic carbocycles. The lowest BCUT2D eigenvalue weighted by Gasteiger charge is -2.16. The summed E-state index contributed by atoms with van der Waals surface area (Å²) in [5, 5.41) is 5.30. The molecule has 1 fully saturated rings. The number of thiazole rings is 1. The molecule has 10 nitrogen and oxygen atoms in total. The SMILES string of the molecule is O=C(Nc1ccc(COc2ccnc(NC(=O)N3CCCC3)c2)c(F)c1)c1cc2ncsc2n(-c2ccc(F)cc2)c1=O. The molecule has 3 amide bonds. The molecule has 0 unspecified atom stereocenters. The van der Waals surface area contributed by atoms with E-state index in [1.807, 2.05) is 0 Å². The van der Waals surface area contributed by atoms with Gasteiger partial charge in [0.2, 0.25) is 0 Å². The number of hydrogen-bond acceptors (Lipinski definition) is 7. The molecule has 0 spiro atoms. The van der Waals surface area contributed by atoms with Crippen molar-refractivity contribution in [2.45, 2.75) is 19.4 Å². The standard InChI is InChI=1S/C30H24F2N6O4S/c31-19-4-7-21(8-5-19)38-28(40)23(15-25-29(38)43-17-34-25)27(39)35-20-6-3-18(24(32)13-20)16-42-22-9-10-33-26(14-22)36-30(41)37-11-1-2-12-37/h3-10,13-15,17H,1-2,11-12,16H2,(H,35,39)(H,33,36,41). The quantitative estimate of drug-likeness (QED) is 0.251. The summed E-state index contributed by atoms with van der Waals surface area (Å²) < 4.78 is 35.5. The monoisotopic (exact) mass is 602 g/mol. The molecule has 13 heteroatoms. The van der Waals surface area contributed by atoms with Crippen LogP contribution in [0.2, 0.25) is 0 Å². The van der Waals surface area contributed by atoms with Crippen LogP contribution in [0.3, 0.4) is 0 Å². The number of fused-ring (bicyclic) bond motifs is 1. The summed E-state index contributed by atoms with van der Waals surface area (Å²) in [6, 6.07) is 13.7. The number of likely N-dealkylation sites (tertiary alicyclic amines) is 1. The van der Waals surface area contributed by atoms with Crippen molar-refractivity contribution in [1.29, 1.82) is 0 Å². The number of anilines is 2. The second kappa shape index (κ2) is 12.0. The van der Waals surface area contributed by atoms with Crippen LogP contribution in [0.4, 0.5) is 25.1 Å². The molecule has 0 bridgehead atoms. The number of urea groups is 1. The van der Waals surface area contributed by atoms with E-state index in [2.05, 4.69) is 20.6 Å². The van der Waals surface area contributed by atoms with Crippen molar-refractivity contribution >= 4 is 45.1 Å². The Bertz CT molecular complexity index is 1890. The smallest absolute Gasteiger partial charge is 0.323 e. The van der Waals surface area contributed by atoms with Crippen LogP contribution in [0.15, 0.2) is 77.2 Å². The molecule has 0 radical (unpaired) electrons. The van der Waals surface area contributed by atoms with Crippen LogP contribution in [-0.4, -0.2) is 44.5 Å². The predicted molar refractivity (Wildman–Crippen MR) is 158 cm³/mol. The van der Waals surface area contributed by atoms with Gasteiger partial charge in [0.15, 0.2) is 0 Å². The van der Waals surface area contributed by atoms with Gasteiger partial charge in [-0.2, -0.15) is 0 Å². The van der Waals surface area contributed by atoms with Crippen molar-refractivity contribution in [1.82, 2.24) is 19.4 Å². The van der Waals surface area contributed by atoms with Crippen LogP contribution in [0.1, 0.15) is 28.8 Å². The number of hydrogen-bond donors (Lipinski definition) is 2. The first kappa shape index (κ1) is 28.0. The number of nitrogens with one attached hydrogen (secondary N) is 2. The second-order valence-corrected chi connectivity index (χ2v) is 10.6. The maximum absolute atomic E-state index is 15.0. The molecule has 1 saturated heterocycles. The summed E-state index contributed by atoms with van der Waals surface area (Å²) in [4.78, 5) is 49.4. The van der Waals surface area contributed by atoms with Crippen LogP contribution >= 0.6 is 11.3 Å². The Hall–Kier alpha value is -5.17. The molecular weight excluding hydrogens is 578 g/mol. The van der Waals surface area contributed by atoms with E-state index in [0.29, 0.717) is 40.7 Å². The van der Waals surface area contributed by atoms with Gasteiger partial charge in [0.05, 0.1) is 16.7 Å². The molecule has 3 aromatic heterocycles. The fraction of sp³-hybridized carbons (Fsp3) is 0.167. The highest BCUT2D eigenvalue weighted by molar-refractivity contribution is 7.16. The zero-order valence-corrected chi connectivity index (χ0v) is 23.4. The van der Waals surface area contributed by atoms with E-state index in [4.69, 9.17) is 4.74 Å². The molecule has 0 atom stereocenters. The molecule has 1 aliphatic rings. The molecule has 4 heterocycles. The number of halogens is 2. The number of rotatable bonds is 7. The van der Waals surface area contributed by atoms with Gasteiger partial charge in [-0.25, -0.2) is 23.5 Å². The van der Waals surface area contributed by atoms with Gasteiger partial charge in [0.1, 0.15) is 40.2 Å². The minimum absolute atomic E-state index is 0.119. The van der Waals surface area contributed by atoms with Crippen LogP contribution in [0.5, 0.6) is 5.75 Å². The Balaban J connectivity index is 1.15. The number of amides is 3. The summed E-state index contributed by atoms with van der Waals surface area (Å²) in [5.41, 5.74) is 1.85. The molecule has 218 valence electrons. The van der Waals surface area contributed by atoms with Crippen molar-refractivity contribution in [3.63, 3.8) is 0 Å². The van der Waals surface area contributed by atoms with Gasteiger partial charge >= 0.3 is 6.03 Å². The van der Waals surface area contributed by atoms with Crippen molar-refractivity contribution in [3.05, 3.63) is 105 Å². The molecule has 5 aromatic rings. The maximum atomic E-state index is 15.0. The van der Waals surface area contributed by atoms with Gasteiger partial charge < -0.3 is 15.0 Å². The minimum Gasteiger partial charge on any atom is -0.489 e. The number of pyridine rings is 2. The Morgan fingerprint density at radius 2 is 1.74 bits per heavy atom. The number of carbonyl (C=O) groups excluding carboxylic acids is 2. The fourth-order valence-electron chi connectivity index (χ4n) is 4.69. The van der Waals surface area contributed by atoms with Gasteiger partial charge in [-0.3, -0.25) is 19.5 Å². The van der Waals surface area contributed by atoms with E-state index in [9.17, 15) is 23.2 Å². The van der Waals surface area contributed by atoms with Gasteiger partial charge in [-0.15, -0.1) is 11.3 Å². The van der Waals surface area contributed by atoms with Crippen LogP contribution < -0.4 is 20.9 Å². The van der Waals surface area contributed by atoms with E-state index in [0.717, 1.165) is 18.9 Å². The molecule has 6 rings (SSSR count). The van der Waals surface area contributed by atoms with Crippen molar-refractivity contribution < 1.29 is 23.1 Å². The Kier molecular flexibility index (Phi) is 7.79. The Morgan fingerprint density at radius 1 is 0.953 bits per heavy atom. The molecule has 1 aliphatic heterocycles. The summed E-state index contributed by atoms with van der Waals surface area (Å²) in [6.45, 7) is 1.28. The van der Waals surface area contributed by atoms with E-state index in [1.54, 1.807) is 22.5 Å². The summed E-state index contributed by atoms with van der Waals surface area (Å²) >= 11 is 1.21. The lowest BCUT2D eigenvalue weighted by molar-refractivity contribution is 0.102. The molecule has 43 heavy (non-hydrogen) atoms. The average molecular weight is 603 g/mol. The number of aromatic nitrogens is 3. The first-order valence-corrected chi connectivity index (χ1v) is 14.2. The Morgan fingerprint density at radius 3 is 2.51 bits per heavy atom. The Labute approximate surface area is 247 Å². The van der Waals surface area contributed by atoms with Crippen LogP contribution in [0, 0.1) is 11.6 Å². The number of carbonyl (C=O) groups is 2. The van der Waals surface area contributed by atoms with Crippen molar-refractivity contribution in [3.8, 4) is 11.4 Å². The summed E-state index contributed by atoms with van der Waals surface area (Å²) in [6.07, 6.45) is 3.42. The molecule has 2 N–H and O–H groups in total. The normalized spacial score (nSPS) is 12.8. The zero-order valence-electron chi connectivity index (χ0n) is 22.5. The summed E-state index contributed by atoms with van der Waals surface area (Å²) in [5.74, 6) is -1.14. The maximum Gasteiger partial charge on any atom is 0.323 e. The largest absolute Gasteiger partial charge is 0.489 e. The average Bonchev–Trinajstić information content (AvgIpc) is 3.70. The number of ether oxygens (including phenoxy) is 1. The van der Waals surface area contributed by atoms with Crippen LogP contribution in [-0.2, 0) is 6.61 Å². The van der Waals surface area contributed by atoms with E-state index >= 15 is 0 Å². The van der Waals surface area contributed by atoms with E-state index in [1.165, 1.54) is 64.6 Å².